The van der Waals surface area contributed by atoms with Gasteiger partial charge in [-0.15, -0.1) is 0 Å². The van der Waals surface area contributed by atoms with Gasteiger partial charge < -0.3 is 5.32 Å². The number of hydrogen-bond acceptors (Lipinski definition) is 4. The van der Waals surface area contributed by atoms with Gasteiger partial charge >= 0.3 is 0 Å². The Labute approximate surface area is 139 Å². The number of nitrogens with one attached hydrogen (secondary N) is 1. The van der Waals surface area contributed by atoms with E-state index in [1.54, 1.807) is 23.1 Å². The molecule has 7 nitrogen and oxygen atoms in total. The highest BCUT2D eigenvalue weighted by molar-refractivity contribution is 5.94. The number of rotatable bonds is 3. The lowest BCUT2D eigenvalue weighted by molar-refractivity contribution is 0.0932. The van der Waals surface area contributed by atoms with Crippen LogP contribution in [0.4, 0.5) is 0 Å². The quantitative estimate of drug-likeness (QED) is 0.798. The van der Waals surface area contributed by atoms with E-state index in [1.807, 2.05) is 30.1 Å². The summed E-state index contributed by atoms with van der Waals surface area (Å²) in [6.45, 7) is 0. The Kier molecular flexibility index (Phi) is 3.60. The highest BCUT2D eigenvalue weighted by Crippen LogP contribution is 2.29. The van der Waals surface area contributed by atoms with E-state index < -0.39 is 0 Å². The maximum Gasteiger partial charge on any atom is 0.251 e. The van der Waals surface area contributed by atoms with E-state index in [-0.39, 0.29) is 11.9 Å². The summed E-state index contributed by atoms with van der Waals surface area (Å²) < 4.78 is 3.56. The third-order valence-electron chi connectivity index (χ3n) is 4.49. The molecule has 2 aromatic heterocycles. The van der Waals surface area contributed by atoms with Gasteiger partial charge in [-0.2, -0.15) is 10.2 Å². The number of hydrogen-bond donors (Lipinski definition) is 1. The van der Waals surface area contributed by atoms with Crippen LogP contribution in [0.15, 0.2) is 43.1 Å². The van der Waals surface area contributed by atoms with Crippen LogP contribution in [0.5, 0.6) is 0 Å². The van der Waals surface area contributed by atoms with E-state index >= 15 is 0 Å². The molecule has 0 spiro atoms. The summed E-state index contributed by atoms with van der Waals surface area (Å²) in [5, 5.41) is 11.5. The van der Waals surface area contributed by atoms with Crippen molar-refractivity contribution in [1.29, 1.82) is 0 Å². The number of benzene rings is 1. The van der Waals surface area contributed by atoms with Crippen molar-refractivity contribution in [2.24, 2.45) is 7.05 Å². The van der Waals surface area contributed by atoms with E-state index in [0.717, 1.165) is 30.5 Å². The van der Waals surface area contributed by atoms with Crippen LogP contribution in [0.3, 0.4) is 0 Å². The molecule has 0 aliphatic heterocycles. The second-order valence-electron chi connectivity index (χ2n) is 5.98. The van der Waals surface area contributed by atoms with Gasteiger partial charge in [0.05, 0.1) is 17.9 Å². The molecule has 0 radical (unpaired) electrons. The van der Waals surface area contributed by atoms with Gasteiger partial charge in [-0.05, 0) is 43.5 Å². The molecule has 1 N–H and O–H groups in total. The fourth-order valence-corrected chi connectivity index (χ4v) is 3.20. The molecule has 4 rings (SSSR count). The van der Waals surface area contributed by atoms with Crippen LogP contribution >= 0.6 is 0 Å². The van der Waals surface area contributed by atoms with Gasteiger partial charge in [0.2, 0.25) is 0 Å². The van der Waals surface area contributed by atoms with Crippen LogP contribution in [0, 0.1) is 0 Å². The number of carbonyl (C=O) groups is 1. The monoisotopic (exact) mass is 322 g/mol. The van der Waals surface area contributed by atoms with Gasteiger partial charge in [-0.25, -0.2) is 9.67 Å². The standard InChI is InChI=1S/C17H18N6O/c1-22-16-4-2-3-15(14(16)9-19-22)21-17(24)12-5-7-13(8-6-12)23-11-18-10-20-23/h5-11,15H,2-4H2,1H3,(H,21,24)/t15-/m0/s1. The minimum Gasteiger partial charge on any atom is -0.345 e. The van der Waals surface area contributed by atoms with Crippen LogP contribution in [0.25, 0.3) is 5.69 Å². The van der Waals surface area contributed by atoms with Gasteiger partial charge in [0.25, 0.3) is 5.91 Å². The Morgan fingerprint density at radius 3 is 2.83 bits per heavy atom. The predicted molar refractivity (Wildman–Crippen MR) is 87.7 cm³/mol. The van der Waals surface area contributed by atoms with Crippen molar-refractivity contribution in [2.45, 2.75) is 25.3 Å². The molecule has 24 heavy (non-hydrogen) atoms. The van der Waals surface area contributed by atoms with Gasteiger partial charge in [0, 0.05) is 23.9 Å². The third kappa shape index (κ3) is 2.58. The van der Waals surface area contributed by atoms with Gasteiger partial charge in [0.15, 0.2) is 0 Å². The first-order valence-corrected chi connectivity index (χ1v) is 7.99. The molecule has 0 fully saturated rings. The molecule has 0 unspecified atom stereocenters. The van der Waals surface area contributed by atoms with Crippen molar-refractivity contribution in [1.82, 2.24) is 29.9 Å². The van der Waals surface area contributed by atoms with E-state index in [1.165, 1.54) is 12.0 Å². The number of aromatic nitrogens is 5. The molecule has 1 atom stereocenters. The van der Waals surface area contributed by atoms with Crippen LogP contribution in [0.2, 0.25) is 0 Å². The minimum atomic E-state index is -0.0677. The van der Waals surface area contributed by atoms with Crippen molar-refractivity contribution >= 4 is 5.91 Å². The second-order valence-corrected chi connectivity index (χ2v) is 5.98. The smallest absolute Gasteiger partial charge is 0.251 e. The van der Waals surface area contributed by atoms with Gasteiger partial charge in [-0.3, -0.25) is 9.48 Å². The third-order valence-corrected chi connectivity index (χ3v) is 4.49. The average molecular weight is 322 g/mol. The molecule has 122 valence electrons. The lowest BCUT2D eigenvalue weighted by Gasteiger charge is -2.23. The molecule has 1 aromatic carbocycles. The van der Waals surface area contributed by atoms with Crippen molar-refractivity contribution in [3.05, 3.63) is 59.9 Å². The van der Waals surface area contributed by atoms with Crippen LogP contribution in [-0.2, 0) is 13.5 Å². The summed E-state index contributed by atoms with van der Waals surface area (Å²) in [4.78, 5) is 16.5. The van der Waals surface area contributed by atoms with Crippen molar-refractivity contribution in [3.8, 4) is 5.69 Å². The Hall–Kier alpha value is -2.96. The predicted octanol–water partition coefficient (Wildman–Crippen LogP) is 1.81. The number of amides is 1. The van der Waals surface area contributed by atoms with E-state index in [2.05, 4.69) is 20.5 Å². The zero-order chi connectivity index (χ0) is 16.5. The summed E-state index contributed by atoms with van der Waals surface area (Å²) >= 11 is 0. The van der Waals surface area contributed by atoms with E-state index in [9.17, 15) is 4.79 Å². The zero-order valence-electron chi connectivity index (χ0n) is 13.4. The van der Waals surface area contributed by atoms with E-state index in [4.69, 9.17) is 0 Å². The Balaban J connectivity index is 1.51. The molecule has 7 heteroatoms. The largest absolute Gasteiger partial charge is 0.345 e. The Morgan fingerprint density at radius 1 is 1.25 bits per heavy atom. The zero-order valence-corrected chi connectivity index (χ0v) is 13.4. The van der Waals surface area contributed by atoms with Crippen LogP contribution in [0.1, 0.15) is 40.5 Å². The van der Waals surface area contributed by atoms with Crippen LogP contribution in [-0.4, -0.2) is 30.5 Å². The highest BCUT2D eigenvalue weighted by Gasteiger charge is 2.25. The number of carbonyl (C=O) groups excluding carboxylic acids is 1. The Bertz CT molecular complexity index is 850. The van der Waals surface area contributed by atoms with Crippen molar-refractivity contribution < 1.29 is 4.79 Å². The second kappa shape index (κ2) is 5.92. The summed E-state index contributed by atoms with van der Waals surface area (Å²) in [6, 6.07) is 7.36. The van der Waals surface area contributed by atoms with Gasteiger partial charge in [0.1, 0.15) is 12.7 Å². The molecule has 1 aliphatic carbocycles. The first kappa shape index (κ1) is 14.6. The average Bonchev–Trinajstić information content (AvgIpc) is 3.26. The Morgan fingerprint density at radius 2 is 2.08 bits per heavy atom. The van der Waals surface area contributed by atoms with Gasteiger partial charge in [-0.1, -0.05) is 0 Å². The van der Waals surface area contributed by atoms with Crippen LogP contribution < -0.4 is 5.32 Å². The molecule has 0 saturated carbocycles. The molecule has 1 aliphatic rings. The summed E-state index contributed by atoms with van der Waals surface area (Å²) in [5.41, 5.74) is 3.86. The molecular weight excluding hydrogens is 304 g/mol. The number of aryl methyl sites for hydroxylation is 1. The summed E-state index contributed by atoms with van der Waals surface area (Å²) in [7, 11) is 1.95. The lowest BCUT2D eigenvalue weighted by Crippen LogP contribution is -2.30. The topological polar surface area (TPSA) is 77.6 Å². The molecule has 1 amide bonds. The summed E-state index contributed by atoms with van der Waals surface area (Å²) in [5.74, 6) is -0.0677. The normalized spacial score (nSPS) is 16.6. The first-order chi connectivity index (χ1) is 11.7. The first-order valence-electron chi connectivity index (χ1n) is 7.99. The maximum atomic E-state index is 12.6. The highest BCUT2D eigenvalue weighted by atomic mass is 16.1. The molecule has 0 saturated heterocycles. The number of fused-ring (bicyclic) bond motifs is 1. The number of nitrogens with zero attached hydrogens (tertiary/aromatic N) is 5. The molecule has 2 heterocycles. The fourth-order valence-electron chi connectivity index (χ4n) is 3.20. The lowest BCUT2D eigenvalue weighted by atomic mass is 9.93. The molecular formula is C17H18N6O. The van der Waals surface area contributed by atoms with Crippen molar-refractivity contribution in [3.63, 3.8) is 0 Å². The van der Waals surface area contributed by atoms with E-state index in [0.29, 0.717) is 5.56 Å². The molecule has 3 aromatic rings. The fraction of sp³-hybridized carbons (Fsp3) is 0.294. The summed E-state index contributed by atoms with van der Waals surface area (Å²) in [6.07, 6.45) is 8.00. The maximum absolute atomic E-state index is 12.6. The molecule has 0 bridgehead atoms. The minimum absolute atomic E-state index is 0.0324. The van der Waals surface area contributed by atoms with Crippen molar-refractivity contribution in [2.75, 3.05) is 0 Å². The SMILES string of the molecule is Cn1ncc2c1CCC[C@@H]2NC(=O)c1ccc(-n2cncn2)cc1.